The van der Waals surface area contributed by atoms with Gasteiger partial charge in [0.1, 0.15) is 5.56 Å². The van der Waals surface area contributed by atoms with Crippen molar-refractivity contribution < 1.29 is 14.8 Å². The zero-order valence-corrected chi connectivity index (χ0v) is 11.3. The second-order valence-corrected chi connectivity index (χ2v) is 5.21. The van der Waals surface area contributed by atoms with Crippen molar-refractivity contribution in [3.05, 3.63) is 39.4 Å². The van der Waals surface area contributed by atoms with Crippen LogP contribution in [-0.2, 0) is 0 Å². The topological polar surface area (TPSA) is 92.5 Å². The van der Waals surface area contributed by atoms with E-state index in [4.69, 9.17) is 5.11 Å². The molecule has 0 bridgehead atoms. The molecule has 1 aromatic carbocycles. The normalized spacial score (nSPS) is 15.7. The fourth-order valence-corrected chi connectivity index (χ4v) is 2.30. The van der Waals surface area contributed by atoms with Crippen LogP contribution in [0.5, 0.6) is 0 Å². The Bertz CT molecular complexity index is 526. The lowest BCUT2D eigenvalue weighted by Crippen LogP contribution is -2.37. The Morgan fingerprint density at radius 2 is 2.25 bits per heavy atom. The second-order valence-electron chi connectivity index (χ2n) is 5.21. The number of benzene rings is 1. The standard InChI is InChI=1S/C14H18N2O4/c1-9-2-5-13(16(19)20)11(8-9)14(18)15-12(6-7-17)10-3-4-10/h2,5,8,10,12,17H,3-4,6-7H2,1H3,(H,15,18). The summed E-state index contributed by atoms with van der Waals surface area (Å²) in [5.74, 6) is -0.0549. The van der Waals surface area contributed by atoms with E-state index >= 15 is 0 Å². The average molecular weight is 278 g/mol. The van der Waals surface area contributed by atoms with E-state index in [9.17, 15) is 14.9 Å². The molecule has 1 unspecified atom stereocenters. The van der Waals surface area contributed by atoms with E-state index in [0.717, 1.165) is 18.4 Å². The van der Waals surface area contributed by atoms with Gasteiger partial charge in [0.25, 0.3) is 11.6 Å². The van der Waals surface area contributed by atoms with Gasteiger partial charge in [-0.1, -0.05) is 6.07 Å². The van der Waals surface area contributed by atoms with Crippen LogP contribution in [0.25, 0.3) is 0 Å². The fraction of sp³-hybridized carbons (Fsp3) is 0.500. The molecule has 1 aliphatic rings. The summed E-state index contributed by atoms with van der Waals surface area (Å²) in [6.07, 6.45) is 2.54. The molecular formula is C14H18N2O4. The number of nitrogens with one attached hydrogen (secondary N) is 1. The molecule has 1 saturated carbocycles. The highest BCUT2D eigenvalue weighted by atomic mass is 16.6. The zero-order valence-electron chi connectivity index (χ0n) is 11.3. The highest BCUT2D eigenvalue weighted by Crippen LogP contribution is 2.34. The van der Waals surface area contributed by atoms with E-state index < -0.39 is 10.8 Å². The molecule has 1 aromatic rings. The van der Waals surface area contributed by atoms with Gasteiger partial charge in [0.2, 0.25) is 0 Å². The van der Waals surface area contributed by atoms with Crippen LogP contribution in [0, 0.1) is 23.0 Å². The van der Waals surface area contributed by atoms with Gasteiger partial charge in [0.05, 0.1) is 4.92 Å². The van der Waals surface area contributed by atoms with Gasteiger partial charge >= 0.3 is 0 Å². The van der Waals surface area contributed by atoms with Gasteiger partial charge in [-0.15, -0.1) is 0 Å². The minimum atomic E-state index is -0.549. The van der Waals surface area contributed by atoms with Crippen molar-refractivity contribution in [1.29, 1.82) is 0 Å². The molecule has 108 valence electrons. The SMILES string of the molecule is Cc1ccc([N+](=O)[O-])c(C(=O)NC(CCO)C2CC2)c1. The highest BCUT2D eigenvalue weighted by Gasteiger charge is 2.33. The van der Waals surface area contributed by atoms with E-state index in [1.54, 1.807) is 13.0 Å². The summed E-state index contributed by atoms with van der Waals surface area (Å²) < 4.78 is 0. The predicted molar refractivity (Wildman–Crippen MR) is 73.5 cm³/mol. The molecule has 0 spiro atoms. The molecule has 1 atom stereocenters. The first-order chi connectivity index (χ1) is 9.52. The van der Waals surface area contributed by atoms with E-state index in [1.807, 2.05) is 0 Å². The summed E-state index contributed by atoms with van der Waals surface area (Å²) in [5.41, 5.74) is 0.691. The Labute approximate surface area is 117 Å². The summed E-state index contributed by atoms with van der Waals surface area (Å²) in [7, 11) is 0. The number of amides is 1. The number of nitrogens with zero attached hydrogens (tertiary/aromatic N) is 1. The Kier molecular flexibility index (Phi) is 4.34. The molecule has 0 radical (unpaired) electrons. The minimum Gasteiger partial charge on any atom is -0.396 e. The smallest absolute Gasteiger partial charge is 0.282 e. The van der Waals surface area contributed by atoms with E-state index in [2.05, 4.69) is 5.32 Å². The number of nitro groups is 1. The van der Waals surface area contributed by atoms with Crippen molar-refractivity contribution in [2.75, 3.05) is 6.61 Å². The van der Waals surface area contributed by atoms with Gasteiger partial charge < -0.3 is 10.4 Å². The molecule has 0 aromatic heterocycles. The minimum absolute atomic E-state index is 0.00262. The third-order valence-electron chi connectivity index (χ3n) is 3.54. The first kappa shape index (κ1) is 14.5. The lowest BCUT2D eigenvalue weighted by Gasteiger charge is -2.17. The second kappa shape index (κ2) is 6.00. The molecule has 2 rings (SSSR count). The number of carbonyl (C=O) groups is 1. The van der Waals surface area contributed by atoms with Crippen LogP contribution >= 0.6 is 0 Å². The van der Waals surface area contributed by atoms with Crippen LogP contribution in [0.3, 0.4) is 0 Å². The van der Waals surface area contributed by atoms with Crippen LogP contribution in [-0.4, -0.2) is 28.6 Å². The Balaban J connectivity index is 2.19. The number of hydrogen-bond donors (Lipinski definition) is 2. The number of hydrogen-bond acceptors (Lipinski definition) is 4. The van der Waals surface area contributed by atoms with Gasteiger partial charge in [-0.2, -0.15) is 0 Å². The largest absolute Gasteiger partial charge is 0.396 e. The summed E-state index contributed by atoms with van der Waals surface area (Å²) in [4.78, 5) is 22.7. The van der Waals surface area contributed by atoms with Gasteiger partial charge in [0, 0.05) is 18.7 Å². The first-order valence-electron chi connectivity index (χ1n) is 6.69. The molecule has 1 amide bonds. The predicted octanol–water partition coefficient (Wildman–Crippen LogP) is 1.79. The lowest BCUT2D eigenvalue weighted by atomic mass is 10.1. The van der Waals surface area contributed by atoms with Crippen molar-refractivity contribution in [1.82, 2.24) is 5.32 Å². The number of aliphatic hydroxyl groups excluding tert-OH is 1. The molecule has 0 heterocycles. The molecule has 1 fully saturated rings. The summed E-state index contributed by atoms with van der Waals surface area (Å²) >= 11 is 0. The number of nitro benzene ring substituents is 1. The van der Waals surface area contributed by atoms with Crippen LogP contribution in [0.15, 0.2) is 18.2 Å². The zero-order chi connectivity index (χ0) is 14.7. The Morgan fingerprint density at radius 1 is 1.55 bits per heavy atom. The van der Waals surface area contributed by atoms with Gasteiger partial charge in [0.15, 0.2) is 0 Å². The van der Waals surface area contributed by atoms with E-state index in [1.165, 1.54) is 12.1 Å². The molecule has 6 heteroatoms. The van der Waals surface area contributed by atoms with Crippen molar-refractivity contribution in [3.8, 4) is 0 Å². The quantitative estimate of drug-likeness (QED) is 0.613. The van der Waals surface area contributed by atoms with E-state index in [-0.39, 0.29) is 23.9 Å². The van der Waals surface area contributed by atoms with Crippen LogP contribution < -0.4 is 5.32 Å². The van der Waals surface area contributed by atoms with Gasteiger partial charge in [-0.05, 0) is 43.7 Å². The number of aryl methyl sites for hydroxylation is 1. The maximum absolute atomic E-state index is 12.2. The summed E-state index contributed by atoms with van der Waals surface area (Å²) in [6, 6.07) is 4.38. The number of rotatable bonds is 6. The van der Waals surface area contributed by atoms with Crippen LogP contribution in [0.1, 0.15) is 35.2 Å². The van der Waals surface area contributed by atoms with Crippen LogP contribution in [0.2, 0.25) is 0 Å². The number of carbonyl (C=O) groups excluding carboxylic acids is 1. The lowest BCUT2D eigenvalue weighted by molar-refractivity contribution is -0.385. The molecule has 20 heavy (non-hydrogen) atoms. The van der Waals surface area contributed by atoms with Crippen molar-refractivity contribution >= 4 is 11.6 Å². The maximum Gasteiger partial charge on any atom is 0.282 e. The first-order valence-corrected chi connectivity index (χ1v) is 6.69. The van der Waals surface area contributed by atoms with Crippen molar-refractivity contribution in [3.63, 3.8) is 0 Å². The van der Waals surface area contributed by atoms with Gasteiger partial charge in [-0.3, -0.25) is 14.9 Å². The summed E-state index contributed by atoms with van der Waals surface area (Å²) in [6.45, 7) is 1.78. The molecule has 0 aliphatic heterocycles. The molecule has 0 saturated heterocycles. The molecule has 2 N–H and O–H groups in total. The fourth-order valence-electron chi connectivity index (χ4n) is 2.30. The highest BCUT2D eigenvalue weighted by molar-refractivity contribution is 5.98. The Hall–Kier alpha value is -1.95. The van der Waals surface area contributed by atoms with Crippen molar-refractivity contribution in [2.45, 2.75) is 32.2 Å². The van der Waals surface area contributed by atoms with Crippen molar-refractivity contribution in [2.24, 2.45) is 5.92 Å². The third kappa shape index (κ3) is 3.33. The maximum atomic E-state index is 12.2. The molecule has 1 aliphatic carbocycles. The monoisotopic (exact) mass is 278 g/mol. The third-order valence-corrected chi connectivity index (χ3v) is 3.54. The average Bonchev–Trinajstić information content (AvgIpc) is 3.21. The summed E-state index contributed by atoms with van der Waals surface area (Å²) in [5, 5.41) is 22.8. The Morgan fingerprint density at radius 3 is 2.80 bits per heavy atom. The molecular weight excluding hydrogens is 260 g/mol. The van der Waals surface area contributed by atoms with E-state index in [0.29, 0.717) is 12.3 Å². The molecule has 6 nitrogen and oxygen atoms in total. The van der Waals surface area contributed by atoms with Crippen LogP contribution in [0.4, 0.5) is 5.69 Å². The van der Waals surface area contributed by atoms with Gasteiger partial charge in [-0.25, -0.2) is 0 Å². The number of aliphatic hydroxyl groups is 1.